The highest BCUT2D eigenvalue weighted by molar-refractivity contribution is 6.27. The summed E-state index contributed by atoms with van der Waals surface area (Å²) in [7, 11) is 1.65. The Bertz CT molecular complexity index is 1490. The van der Waals surface area contributed by atoms with Crippen molar-refractivity contribution in [1.29, 1.82) is 0 Å². The number of nitrogens with zero attached hydrogens (tertiary/aromatic N) is 5. The van der Waals surface area contributed by atoms with E-state index in [1.807, 2.05) is 28.9 Å². The van der Waals surface area contributed by atoms with E-state index < -0.39 is 18.0 Å². The lowest BCUT2D eigenvalue weighted by molar-refractivity contribution is -0.159. The van der Waals surface area contributed by atoms with E-state index in [4.69, 9.17) is 24.5 Å². The molecule has 12 heteroatoms. The highest BCUT2D eigenvalue weighted by Gasteiger charge is 2.22. The Morgan fingerprint density at radius 2 is 1.78 bits per heavy atom. The lowest BCUT2D eigenvalue weighted by Gasteiger charge is -2.33. The third-order valence-corrected chi connectivity index (χ3v) is 7.16. The van der Waals surface area contributed by atoms with Gasteiger partial charge >= 0.3 is 11.9 Å². The van der Waals surface area contributed by atoms with Gasteiger partial charge in [0.05, 0.1) is 24.2 Å². The fourth-order valence-corrected chi connectivity index (χ4v) is 4.97. The molecule has 0 aliphatic carbocycles. The maximum atomic E-state index is 11.0. The molecule has 41 heavy (non-hydrogen) atoms. The molecule has 1 aliphatic heterocycles. The molecule has 3 heterocycles. The zero-order valence-corrected chi connectivity index (χ0v) is 23.4. The van der Waals surface area contributed by atoms with Crippen molar-refractivity contribution < 1.29 is 29.6 Å². The summed E-state index contributed by atoms with van der Waals surface area (Å²) in [5, 5.41) is 39.1. The van der Waals surface area contributed by atoms with E-state index in [-0.39, 0.29) is 0 Å². The van der Waals surface area contributed by atoms with Gasteiger partial charge in [0.2, 0.25) is 0 Å². The first-order valence-electron chi connectivity index (χ1n) is 13.5. The molecular formula is C29H36N6O6. The summed E-state index contributed by atoms with van der Waals surface area (Å²) in [6.45, 7) is 7.59. The molecule has 1 saturated heterocycles. The molecule has 0 amide bonds. The van der Waals surface area contributed by atoms with E-state index >= 15 is 0 Å². The second kappa shape index (κ2) is 13.5. The van der Waals surface area contributed by atoms with Crippen LogP contribution in [0.3, 0.4) is 0 Å². The number of benzene rings is 2. The average Bonchev–Trinajstić information content (AvgIpc) is 3.40. The van der Waals surface area contributed by atoms with Crippen molar-refractivity contribution in [2.75, 3.05) is 26.7 Å². The van der Waals surface area contributed by atoms with Crippen LogP contribution < -0.4 is 10.1 Å². The number of carboxylic acids is 2. The third-order valence-electron chi connectivity index (χ3n) is 7.16. The Morgan fingerprint density at radius 1 is 1.05 bits per heavy atom. The number of carbonyl (C=O) groups is 2. The first kappa shape index (κ1) is 29.8. The van der Waals surface area contributed by atoms with Gasteiger partial charge in [0.1, 0.15) is 11.3 Å². The minimum Gasteiger partial charge on any atom is -0.497 e. The number of β-amino-alcohol motifs (C(OH)–C–C–N with tert-alkyl or cyclic N) is 1. The van der Waals surface area contributed by atoms with Crippen LogP contribution in [0.4, 0.5) is 0 Å². The van der Waals surface area contributed by atoms with Gasteiger partial charge in [0.25, 0.3) is 0 Å². The minimum absolute atomic E-state index is 0.299. The highest BCUT2D eigenvalue weighted by atomic mass is 16.5. The van der Waals surface area contributed by atoms with Crippen LogP contribution in [-0.2, 0) is 16.1 Å². The summed E-state index contributed by atoms with van der Waals surface area (Å²) >= 11 is 0. The monoisotopic (exact) mass is 564 g/mol. The second-order valence-corrected chi connectivity index (χ2v) is 10.3. The molecule has 5 rings (SSSR count). The summed E-state index contributed by atoms with van der Waals surface area (Å²) in [4.78, 5) is 25.0. The third kappa shape index (κ3) is 7.54. The summed E-state index contributed by atoms with van der Waals surface area (Å²) in [6, 6.07) is 14.9. The van der Waals surface area contributed by atoms with Crippen LogP contribution >= 0.6 is 0 Å². The standard InChI is InChI=1S/C27H34N6O2.C2H2O4/c1-18(2)33-26-7-4-19(14-25(26)30-31-33)16-29-20-9-12-32(13-10-20)17-27(34)22-8-11-28-24-6-5-21(35-3)15-23(22)24;3-1(4)2(5)6/h4-8,11,14-15,18,20,27,29,34H,9-10,12-13,16-17H2,1-3H3;(H,3,4)(H,5,6)/t27-;/m0./s1. The number of hydrogen-bond donors (Lipinski definition) is 4. The molecule has 0 bridgehead atoms. The van der Waals surface area contributed by atoms with Crippen LogP contribution in [0, 0.1) is 0 Å². The molecule has 1 aliphatic rings. The maximum absolute atomic E-state index is 11.0. The van der Waals surface area contributed by atoms with Gasteiger partial charge in [-0.15, -0.1) is 5.10 Å². The van der Waals surface area contributed by atoms with Crippen molar-refractivity contribution in [2.24, 2.45) is 0 Å². The molecule has 2 aromatic carbocycles. The van der Waals surface area contributed by atoms with Crippen molar-refractivity contribution >= 4 is 33.9 Å². The molecule has 2 aromatic heterocycles. The lowest BCUT2D eigenvalue weighted by Crippen LogP contribution is -2.43. The quantitative estimate of drug-likeness (QED) is 0.233. The topological polar surface area (TPSA) is 163 Å². The molecule has 0 unspecified atom stereocenters. The number of aliphatic carboxylic acids is 2. The van der Waals surface area contributed by atoms with E-state index in [0.717, 1.165) is 65.7 Å². The van der Waals surface area contributed by atoms with Gasteiger partial charge in [-0.05, 0) is 87.3 Å². The number of aliphatic hydroxyl groups excluding tert-OH is 1. The fourth-order valence-electron chi connectivity index (χ4n) is 4.97. The summed E-state index contributed by atoms with van der Waals surface area (Å²) < 4.78 is 7.33. The normalized spacial score (nSPS) is 15.0. The number of ether oxygens (including phenoxy) is 1. The number of rotatable bonds is 8. The molecular weight excluding hydrogens is 528 g/mol. The van der Waals surface area contributed by atoms with Gasteiger partial charge in [-0.1, -0.05) is 11.3 Å². The molecule has 12 nitrogen and oxygen atoms in total. The first-order chi connectivity index (χ1) is 19.7. The van der Waals surface area contributed by atoms with Crippen molar-refractivity contribution in [3.8, 4) is 5.75 Å². The second-order valence-electron chi connectivity index (χ2n) is 10.3. The van der Waals surface area contributed by atoms with Gasteiger partial charge in [-0.3, -0.25) is 4.98 Å². The molecule has 1 atom stereocenters. The Labute approximate surface area is 237 Å². The van der Waals surface area contributed by atoms with Gasteiger partial charge in [-0.2, -0.15) is 0 Å². The van der Waals surface area contributed by atoms with Gasteiger partial charge in [0, 0.05) is 36.8 Å². The number of pyridine rings is 1. The van der Waals surface area contributed by atoms with Crippen LogP contribution in [0.25, 0.3) is 21.9 Å². The van der Waals surface area contributed by atoms with E-state index in [2.05, 4.69) is 57.6 Å². The predicted octanol–water partition coefficient (Wildman–Crippen LogP) is 3.01. The number of aromatic nitrogens is 4. The van der Waals surface area contributed by atoms with E-state index in [1.54, 1.807) is 13.3 Å². The largest absolute Gasteiger partial charge is 0.497 e. The first-order valence-corrected chi connectivity index (χ1v) is 13.5. The van der Waals surface area contributed by atoms with Crippen LogP contribution in [-0.4, -0.2) is 84.9 Å². The molecule has 4 N–H and O–H groups in total. The summed E-state index contributed by atoms with van der Waals surface area (Å²) in [5.41, 5.74) is 5.03. The van der Waals surface area contributed by atoms with E-state index in [9.17, 15) is 5.11 Å². The van der Waals surface area contributed by atoms with E-state index in [1.165, 1.54) is 5.56 Å². The van der Waals surface area contributed by atoms with Crippen molar-refractivity contribution in [3.63, 3.8) is 0 Å². The van der Waals surface area contributed by atoms with Gasteiger partial charge in [-0.25, -0.2) is 14.3 Å². The Kier molecular flexibility index (Phi) is 9.82. The number of likely N-dealkylation sites (tertiary alicyclic amines) is 1. The molecule has 0 spiro atoms. The number of piperidine rings is 1. The van der Waals surface area contributed by atoms with Crippen LogP contribution in [0.15, 0.2) is 48.7 Å². The van der Waals surface area contributed by atoms with E-state index in [0.29, 0.717) is 18.6 Å². The van der Waals surface area contributed by atoms with Crippen LogP contribution in [0.5, 0.6) is 5.75 Å². The lowest BCUT2D eigenvalue weighted by atomic mass is 10.0. The zero-order chi connectivity index (χ0) is 29.5. The van der Waals surface area contributed by atoms with Crippen LogP contribution in [0.1, 0.15) is 50.0 Å². The zero-order valence-electron chi connectivity index (χ0n) is 23.4. The molecule has 0 radical (unpaired) electrons. The Balaban J connectivity index is 0.000000585. The summed E-state index contributed by atoms with van der Waals surface area (Å²) in [5.74, 6) is -2.88. The van der Waals surface area contributed by atoms with Gasteiger partial charge in [0.15, 0.2) is 0 Å². The fraction of sp³-hybridized carbons (Fsp3) is 0.414. The smallest absolute Gasteiger partial charge is 0.414 e. The Hall–Kier alpha value is -4.13. The average molecular weight is 565 g/mol. The summed E-state index contributed by atoms with van der Waals surface area (Å²) in [6.07, 6.45) is 3.32. The number of hydrogen-bond acceptors (Lipinski definition) is 9. The molecule has 0 saturated carbocycles. The molecule has 218 valence electrons. The van der Waals surface area contributed by atoms with Crippen molar-refractivity contribution in [2.45, 2.75) is 51.4 Å². The number of aliphatic hydroxyl groups is 1. The highest BCUT2D eigenvalue weighted by Crippen LogP contribution is 2.28. The SMILES string of the molecule is COc1ccc2nccc([C@@H](O)CN3CCC(NCc4ccc5c(c4)nnn5C(C)C)CC3)c2c1.O=C(O)C(=O)O. The Morgan fingerprint density at radius 3 is 2.44 bits per heavy atom. The predicted molar refractivity (Wildman–Crippen MR) is 153 cm³/mol. The molecule has 4 aromatic rings. The number of methoxy groups -OCH3 is 1. The number of fused-ring (bicyclic) bond motifs is 2. The number of nitrogens with one attached hydrogen (secondary N) is 1. The minimum atomic E-state index is -1.82. The van der Waals surface area contributed by atoms with Crippen molar-refractivity contribution in [3.05, 3.63) is 59.8 Å². The van der Waals surface area contributed by atoms with Crippen molar-refractivity contribution in [1.82, 2.24) is 30.2 Å². The molecule has 1 fully saturated rings. The number of carboxylic acid groups (broad SMARTS) is 2. The van der Waals surface area contributed by atoms with Gasteiger partial charge < -0.3 is 30.3 Å². The maximum Gasteiger partial charge on any atom is 0.414 e. The van der Waals surface area contributed by atoms with Crippen LogP contribution in [0.2, 0.25) is 0 Å².